The number of nitrogens with zero attached hydrogens (tertiary/aromatic N) is 1. The predicted molar refractivity (Wildman–Crippen MR) is 127 cm³/mol. The van der Waals surface area contributed by atoms with Crippen LogP contribution in [0.5, 0.6) is 11.5 Å². The second-order valence-corrected chi connectivity index (χ2v) is 8.18. The molecule has 1 aromatic heterocycles. The maximum absolute atomic E-state index is 12.5. The van der Waals surface area contributed by atoms with Crippen molar-refractivity contribution in [1.82, 2.24) is 10.3 Å². The second kappa shape index (κ2) is 11.3. The molecule has 0 unspecified atom stereocenters. The molecule has 0 aliphatic carbocycles. The van der Waals surface area contributed by atoms with Gasteiger partial charge < -0.3 is 20.5 Å². The van der Waals surface area contributed by atoms with Gasteiger partial charge in [-0.05, 0) is 66.3 Å². The van der Waals surface area contributed by atoms with Crippen molar-refractivity contribution in [2.75, 3.05) is 12.8 Å². The van der Waals surface area contributed by atoms with E-state index in [9.17, 15) is 4.79 Å². The molecule has 1 heterocycles. The van der Waals surface area contributed by atoms with E-state index in [1.807, 2.05) is 36.4 Å². The topological polar surface area (TPSA) is 86.5 Å². The third kappa shape index (κ3) is 6.82. The number of carbonyl (C=O) groups excluding carboxylic acids is 1. The average Bonchev–Trinajstić information content (AvgIpc) is 2.78. The van der Waals surface area contributed by atoms with Gasteiger partial charge in [0.1, 0.15) is 17.3 Å². The van der Waals surface area contributed by atoms with E-state index in [1.165, 1.54) is 5.56 Å². The molecular weight excluding hydrogens is 402 g/mol. The molecule has 3 aromatic rings. The summed E-state index contributed by atoms with van der Waals surface area (Å²) >= 11 is 0. The predicted octanol–water partition coefficient (Wildman–Crippen LogP) is 5.12. The van der Waals surface area contributed by atoms with Crippen LogP contribution in [0.4, 0.5) is 5.82 Å². The molecule has 0 radical (unpaired) electrons. The molecular formula is C26H31N3O3. The first kappa shape index (κ1) is 23.3. The van der Waals surface area contributed by atoms with Crippen molar-refractivity contribution in [3.63, 3.8) is 0 Å². The Kier molecular flexibility index (Phi) is 8.22. The fourth-order valence-electron chi connectivity index (χ4n) is 3.25. The number of aromatic nitrogens is 1. The van der Waals surface area contributed by atoms with E-state index in [1.54, 1.807) is 19.2 Å². The van der Waals surface area contributed by atoms with Gasteiger partial charge in [-0.15, -0.1) is 0 Å². The molecule has 32 heavy (non-hydrogen) atoms. The van der Waals surface area contributed by atoms with Gasteiger partial charge in [0.05, 0.1) is 17.9 Å². The highest BCUT2D eigenvalue weighted by Gasteiger charge is 2.11. The molecule has 3 rings (SSSR count). The van der Waals surface area contributed by atoms with E-state index in [0.29, 0.717) is 30.3 Å². The Morgan fingerprint density at radius 1 is 1.03 bits per heavy atom. The van der Waals surface area contributed by atoms with Crippen molar-refractivity contribution in [1.29, 1.82) is 0 Å². The Hall–Kier alpha value is -3.38. The number of ether oxygens (including phenoxy) is 2. The number of nitrogens with one attached hydrogen (secondary N) is 1. The Balaban J connectivity index is 1.55. The molecule has 0 fully saturated rings. The lowest BCUT2D eigenvalue weighted by Gasteiger charge is -2.10. The minimum atomic E-state index is -0.266. The summed E-state index contributed by atoms with van der Waals surface area (Å²) in [6.07, 6.45) is 2.20. The third-order valence-corrected chi connectivity index (χ3v) is 5.04. The molecule has 0 aliphatic rings. The number of nitrogen functional groups attached to an aromatic ring is 1. The zero-order valence-electron chi connectivity index (χ0n) is 18.9. The monoisotopic (exact) mass is 433 g/mol. The normalized spacial score (nSPS) is 10.9. The van der Waals surface area contributed by atoms with Crippen LogP contribution in [-0.2, 0) is 24.3 Å². The highest BCUT2D eigenvalue weighted by Crippen LogP contribution is 2.23. The van der Waals surface area contributed by atoms with Crippen molar-refractivity contribution < 1.29 is 14.3 Å². The Morgan fingerprint density at radius 2 is 1.81 bits per heavy atom. The number of anilines is 1. The van der Waals surface area contributed by atoms with Gasteiger partial charge in [-0.25, -0.2) is 4.98 Å². The van der Waals surface area contributed by atoms with Gasteiger partial charge >= 0.3 is 0 Å². The Labute approximate surface area is 189 Å². The third-order valence-electron chi connectivity index (χ3n) is 5.04. The SMILES string of the molecule is COCc1ccc(C(=O)NCc2ccc(Oc3cccc(CCC(C)C)c3)cc2)c(N)n1. The van der Waals surface area contributed by atoms with Crippen LogP contribution in [0.1, 0.15) is 47.4 Å². The first-order valence-electron chi connectivity index (χ1n) is 10.8. The number of hydrogen-bond acceptors (Lipinski definition) is 5. The summed E-state index contributed by atoms with van der Waals surface area (Å²) < 4.78 is 11.0. The molecule has 0 aliphatic heterocycles. The largest absolute Gasteiger partial charge is 0.457 e. The van der Waals surface area contributed by atoms with Crippen LogP contribution < -0.4 is 15.8 Å². The van der Waals surface area contributed by atoms with Crippen LogP contribution in [-0.4, -0.2) is 18.0 Å². The number of rotatable bonds is 10. The number of nitrogens with two attached hydrogens (primary N) is 1. The van der Waals surface area contributed by atoms with Crippen LogP contribution in [0.2, 0.25) is 0 Å². The van der Waals surface area contributed by atoms with Crippen molar-refractivity contribution >= 4 is 11.7 Å². The van der Waals surface area contributed by atoms with Crippen LogP contribution >= 0.6 is 0 Å². The number of amides is 1. The van der Waals surface area contributed by atoms with Gasteiger partial charge in [-0.1, -0.05) is 38.1 Å². The van der Waals surface area contributed by atoms with E-state index in [0.717, 1.165) is 29.9 Å². The summed E-state index contributed by atoms with van der Waals surface area (Å²) in [6.45, 7) is 5.19. The molecule has 6 heteroatoms. The smallest absolute Gasteiger partial charge is 0.255 e. The maximum atomic E-state index is 12.5. The summed E-state index contributed by atoms with van der Waals surface area (Å²) in [5.74, 6) is 2.18. The number of methoxy groups -OCH3 is 1. The lowest BCUT2D eigenvalue weighted by molar-refractivity contribution is 0.0951. The van der Waals surface area contributed by atoms with Gasteiger partial charge in [0.15, 0.2) is 0 Å². The summed E-state index contributed by atoms with van der Waals surface area (Å²) in [4.78, 5) is 16.6. The van der Waals surface area contributed by atoms with Crippen LogP contribution in [0.25, 0.3) is 0 Å². The molecule has 0 saturated carbocycles. The quantitative estimate of drug-likeness (QED) is 0.463. The second-order valence-electron chi connectivity index (χ2n) is 8.18. The first-order chi connectivity index (χ1) is 15.4. The van der Waals surface area contributed by atoms with E-state index < -0.39 is 0 Å². The zero-order valence-corrected chi connectivity index (χ0v) is 18.9. The van der Waals surface area contributed by atoms with Crippen molar-refractivity contribution in [3.8, 4) is 11.5 Å². The van der Waals surface area contributed by atoms with Crippen molar-refractivity contribution in [2.24, 2.45) is 5.92 Å². The van der Waals surface area contributed by atoms with Gasteiger partial charge in [0.2, 0.25) is 0 Å². The van der Waals surface area contributed by atoms with E-state index in [2.05, 4.69) is 36.3 Å². The molecule has 2 aromatic carbocycles. The summed E-state index contributed by atoms with van der Waals surface area (Å²) in [5, 5.41) is 2.88. The lowest BCUT2D eigenvalue weighted by Crippen LogP contribution is -2.24. The van der Waals surface area contributed by atoms with Crippen molar-refractivity contribution in [3.05, 3.63) is 83.0 Å². The number of hydrogen-bond donors (Lipinski definition) is 2. The molecule has 0 atom stereocenters. The summed E-state index contributed by atoms with van der Waals surface area (Å²) in [5.41, 5.74) is 9.18. The Morgan fingerprint density at radius 3 is 2.50 bits per heavy atom. The highest BCUT2D eigenvalue weighted by molar-refractivity contribution is 5.98. The number of aryl methyl sites for hydroxylation is 1. The fourth-order valence-corrected chi connectivity index (χ4v) is 3.25. The van der Waals surface area contributed by atoms with Gasteiger partial charge in [0, 0.05) is 13.7 Å². The number of pyridine rings is 1. The van der Waals surface area contributed by atoms with Gasteiger partial charge in [-0.3, -0.25) is 4.79 Å². The minimum absolute atomic E-state index is 0.191. The maximum Gasteiger partial charge on any atom is 0.255 e. The van der Waals surface area contributed by atoms with Gasteiger partial charge in [-0.2, -0.15) is 0 Å². The van der Waals surface area contributed by atoms with E-state index >= 15 is 0 Å². The highest BCUT2D eigenvalue weighted by atomic mass is 16.5. The molecule has 3 N–H and O–H groups in total. The van der Waals surface area contributed by atoms with E-state index in [4.69, 9.17) is 15.2 Å². The molecule has 0 saturated heterocycles. The molecule has 6 nitrogen and oxygen atoms in total. The van der Waals surface area contributed by atoms with Crippen LogP contribution in [0, 0.1) is 5.92 Å². The average molecular weight is 434 g/mol. The molecule has 0 bridgehead atoms. The number of carbonyl (C=O) groups is 1. The Bertz CT molecular complexity index is 1030. The molecule has 1 amide bonds. The first-order valence-corrected chi connectivity index (χ1v) is 10.8. The molecule has 168 valence electrons. The van der Waals surface area contributed by atoms with E-state index in [-0.39, 0.29) is 11.7 Å². The summed E-state index contributed by atoms with van der Waals surface area (Å²) in [7, 11) is 1.58. The molecule has 0 spiro atoms. The van der Waals surface area contributed by atoms with Crippen LogP contribution in [0.3, 0.4) is 0 Å². The van der Waals surface area contributed by atoms with Crippen LogP contribution in [0.15, 0.2) is 60.7 Å². The summed E-state index contributed by atoms with van der Waals surface area (Å²) in [6, 6.07) is 19.3. The lowest BCUT2D eigenvalue weighted by atomic mass is 10.0. The number of benzene rings is 2. The zero-order chi connectivity index (χ0) is 22.9. The van der Waals surface area contributed by atoms with Crippen molar-refractivity contribution in [2.45, 2.75) is 39.8 Å². The minimum Gasteiger partial charge on any atom is -0.457 e. The fraction of sp³-hybridized carbons (Fsp3) is 0.308. The standard InChI is InChI=1S/C26H31N3O3/c1-18(2)7-8-19-5-4-6-23(15-19)32-22-12-9-20(10-13-22)16-28-26(30)24-14-11-21(17-31-3)29-25(24)27/h4-6,9-15,18H,7-8,16-17H2,1-3H3,(H2,27,29)(H,28,30). The van der Waals surface area contributed by atoms with Gasteiger partial charge in [0.25, 0.3) is 5.91 Å².